The minimum absolute atomic E-state index is 0.128. The van der Waals surface area contributed by atoms with Gasteiger partial charge in [0.1, 0.15) is 11.8 Å². The summed E-state index contributed by atoms with van der Waals surface area (Å²) >= 11 is 5.91. The number of hydrogen-bond acceptors (Lipinski definition) is 5. The molecule has 1 aromatic heterocycles. The number of carbonyl (C=O) groups excluding carboxylic acids is 3. The van der Waals surface area contributed by atoms with Gasteiger partial charge in [-0.3, -0.25) is 19.9 Å². The summed E-state index contributed by atoms with van der Waals surface area (Å²) in [5.41, 5.74) is 1.97. The second-order valence-corrected chi connectivity index (χ2v) is 6.59. The summed E-state index contributed by atoms with van der Waals surface area (Å²) in [5.74, 6) is 6.17. The van der Waals surface area contributed by atoms with E-state index in [0.29, 0.717) is 28.4 Å². The van der Waals surface area contributed by atoms with Gasteiger partial charge in [0.15, 0.2) is 0 Å². The third kappa shape index (κ3) is 5.03. The third-order valence-electron chi connectivity index (χ3n) is 4.19. The van der Waals surface area contributed by atoms with Gasteiger partial charge in [-0.15, -0.1) is 0 Å². The quantitative estimate of drug-likeness (QED) is 0.573. The largest absolute Gasteiger partial charge is 0.497 e. The smallest absolute Gasteiger partial charge is 0.322 e. The van der Waals surface area contributed by atoms with E-state index in [2.05, 4.69) is 22.1 Å². The number of amides is 4. The molecule has 2 heterocycles. The fourth-order valence-electron chi connectivity index (χ4n) is 2.87. The minimum Gasteiger partial charge on any atom is -0.497 e. The Balaban J connectivity index is 1.79. The predicted octanol–water partition coefficient (Wildman–Crippen LogP) is 1.58. The number of ether oxygens (including phenoxy) is 1. The first kappa shape index (κ1) is 20.2. The van der Waals surface area contributed by atoms with Crippen molar-refractivity contribution in [1.82, 2.24) is 20.5 Å². The molecule has 9 heteroatoms. The van der Waals surface area contributed by atoms with Crippen molar-refractivity contribution in [2.75, 3.05) is 13.7 Å². The zero-order valence-corrected chi connectivity index (χ0v) is 16.2. The summed E-state index contributed by atoms with van der Waals surface area (Å²) in [6.45, 7) is 0.509. The summed E-state index contributed by atoms with van der Waals surface area (Å²) in [6, 6.07) is 5.49. The molecule has 4 amide bonds. The molecule has 2 N–H and O–H groups in total. The second-order valence-electron chi connectivity index (χ2n) is 6.16. The van der Waals surface area contributed by atoms with Crippen molar-refractivity contribution in [2.45, 2.75) is 12.6 Å². The fraction of sp³-hybridized carbons (Fsp3) is 0.200. The number of methoxy groups -OCH3 is 1. The number of rotatable bonds is 5. The summed E-state index contributed by atoms with van der Waals surface area (Å²) in [7, 11) is 1.53. The Hall–Kier alpha value is -3.57. The standard InChI is InChI=1S/C20H17ClN4O4/c1-29-17-5-3-14-10-25(19(27)18(14)7-17)11-16(24-20(28)23-12-26)4-2-13-6-15(21)9-22-8-13/h3,5-9,12,16H,10-11H2,1H3,(H2,23,24,26,28)/t16-/m1/s1. The maximum Gasteiger partial charge on any atom is 0.322 e. The van der Waals surface area contributed by atoms with Gasteiger partial charge in [0.2, 0.25) is 6.41 Å². The lowest BCUT2D eigenvalue weighted by molar-refractivity contribution is -0.108. The number of pyridine rings is 1. The second kappa shape index (κ2) is 9.08. The highest BCUT2D eigenvalue weighted by Gasteiger charge is 2.29. The van der Waals surface area contributed by atoms with Crippen LogP contribution in [0.25, 0.3) is 0 Å². The van der Waals surface area contributed by atoms with E-state index in [1.807, 2.05) is 11.4 Å². The Morgan fingerprint density at radius 3 is 2.97 bits per heavy atom. The Bertz CT molecular complexity index is 1020. The summed E-state index contributed by atoms with van der Waals surface area (Å²) in [5, 5.41) is 5.00. The minimum atomic E-state index is -0.728. The van der Waals surface area contributed by atoms with E-state index in [9.17, 15) is 14.4 Å². The molecule has 0 fully saturated rings. The number of nitrogens with zero attached hydrogens (tertiary/aromatic N) is 2. The molecular weight excluding hydrogens is 396 g/mol. The van der Waals surface area contributed by atoms with Crippen molar-refractivity contribution >= 4 is 29.9 Å². The van der Waals surface area contributed by atoms with Crippen molar-refractivity contribution in [3.05, 3.63) is 58.4 Å². The number of benzene rings is 1. The van der Waals surface area contributed by atoms with Crippen LogP contribution in [-0.2, 0) is 11.3 Å². The van der Waals surface area contributed by atoms with Crippen LogP contribution in [0.3, 0.4) is 0 Å². The summed E-state index contributed by atoms with van der Waals surface area (Å²) in [6.07, 6.45) is 3.28. The van der Waals surface area contributed by atoms with Gasteiger partial charge in [-0.25, -0.2) is 4.79 Å². The monoisotopic (exact) mass is 412 g/mol. The Labute approximate surface area is 172 Å². The van der Waals surface area contributed by atoms with Gasteiger partial charge in [0.05, 0.1) is 18.7 Å². The molecule has 1 aliphatic heterocycles. The van der Waals surface area contributed by atoms with E-state index < -0.39 is 12.1 Å². The number of hydrogen-bond donors (Lipinski definition) is 2. The van der Waals surface area contributed by atoms with Crippen LogP contribution in [0.15, 0.2) is 36.7 Å². The molecule has 1 atom stereocenters. The molecule has 0 aliphatic carbocycles. The van der Waals surface area contributed by atoms with Crippen LogP contribution < -0.4 is 15.4 Å². The number of fused-ring (bicyclic) bond motifs is 1. The molecule has 148 valence electrons. The lowest BCUT2D eigenvalue weighted by Gasteiger charge is -2.21. The van der Waals surface area contributed by atoms with Crippen LogP contribution >= 0.6 is 11.6 Å². The Morgan fingerprint density at radius 2 is 2.24 bits per heavy atom. The number of imide groups is 1. The molecule has 1 aromatic carbocycles. The average Bonchev–Trinajstić information content (AvgIpc) is 3.01. The van der Waals surface area contributed by atoms with Gasteiger partial charge < -0.3 is 15.0 Å². The van der Waals surface area contributed by atoms with Crippen molar-refractivity contribution in [2.24, 2.45) is 0 Å². The maximum atomic E-state index is 12.7. The van der Waals surface area contributed by atoms with E-state index in [0.717, 1.165) is 5.56 Å². The van der Waals surface area contributed by atoms with Gasteiger partial charge in [-0.1, -0.05) is 29.5 Å². The predicted molar refractivity (Wildman–Crippen MR) is 105 cm³/mol. The molecule has 0 unspecified atom stereocenters. The Kier molecular flexibility index (Phi) is 6.32. The van der Waals surface area contributed by atoms with Gasteiger partial charge in [0, 0.05) is 30.1 Å². The van der Waals surface area contributed by atoms with E-state index in [-0.39, 0.29) is 18.9 Å². The highest BCUT2D eigenvalue weighted by molar-refractivity contribution is 6.30. The zero-order valence-electron chi connectivity index (χ0n) is 15.4. The highest BCUT2D eigenvalue weighted by atomic mass is 35.5. The van der Waals surface area contributed by atoms with Gasteiger partial charge in [-0.2, -0.15) is 0 Å². The lowest BCUT2D eigenvalue weighted by Crippen LogP contribution is -2.46. The van der Waals surface area contributed by atoms with Crippen LogP contribution in [-0.4, -0.2) is 47.9 Å². The lowest BCUT2D eigenvalue weighted by atomic mass is 10.1. The van der Waals surface area contributed by atoms with Crippen LogP contribution in [0.5, 0.6) is 5.75 Å². The number of aromatic nitrogens is 1. The topological polar surface area (TPSA) is 101 Å². The third-order valence-corrected chi connectivity index (χ3v) is 4.40. The van der Waals surface area contributed by atoms with Crippen LogP contribution in [0.4, 0.5) is 4.79 Å². The number of halogens is 1. The van der Waals surface area contributed by atoms with Gasteiger partial charge in [0.25, 0.3) is 5.91 Å². The van der Waals surface area contributed by atoms with Gasteiger partial charge >= 0.3 is 6.03 Å². The van der Waals surface area contributed by atoms with Crippen molar-refractivity contribution in [3.8, 4) is 17.6 Å². The molecule has 29 heavy (non-hydrogen) atoms. The first-order chi connectivity index (χ1) is 14.0. The van der Waals surface area contributed by atoms with Crippen molar-refractivity contribution in [1.29, 1.82) is 0 Å². The van der Waals surface area contributed by atoms with E-state index >= 15 is 0 Å². The zero-order chi connectivity index (χ0) is 20.8. The molecule has 1 aliphatic rings. The Morgan fingerprint density at radius 1 is 1.41 bits per heavy atom. The van der Waals surface area contributed by atoms with Crippen LogP contribution in [0, 0.1) is 11.8 Å². The van der Waals surface area contributed by atoms with E-state index in [1.165, 1.54) is 19.5 Å². The first-order valence-electron chi connectivity index (χ1n) is 8.59. The highest BCUT2D eigenvalue weighted by Crippen LogP contribution is 2.26. The SMILES string of the molecule is COc1ccc2c(c1)C(=O)N(C[C@@H](C#Cc1cncc(Cl)c1)NC(=O)NC=O)C2. The number of nitrogens with one attached hydrogen (secondary N) is 2. The van der Waals surface area contributed by atoms with Gasteiger partial charge in [-0.05, 0) is 23.8 Å². The molecule has 3 rings (SSSR count). The molecule has 0 radical (unpaired) electrons. The molecule has 0 spiro atoms. The number of urea groups is 1. The first-order valence-corrected chi connectivity index (χ1v) is 8.97. The average molecular weight is 413 g/mol. The molecule has 0 saturated carbocycles. The molecule has 0 bridgehead atoms. The summed E-state index contributed by atoms with van der Waals surface area (Å²) in [4.78, 5) is 40.6. The van der Waals surface area contributed by atoms with E-state index in [1.54, 1.807) is 23.1 Å². The van der Waals surface area contributed by atoms with Crippen LogP contribution in [0.2, 0.25) is 5.02 Å². The molecule has 8 nitrogen and oxygen atoms in total. The van der Waals surface area contributed by atoms with Crippen LogP contribution in [0.1, 0.15) is 21.5 Å². The molecule has 0 saturated heterocycles. The fourth-order valence-corrected chi connectivity index (χ4v) is 3.04. The molecule has 2 aromatic rings. The normalized spacial score (nSPS) is 13.0. The van der Waals surface area contributed by atoms with E-state index in [4.69, 9.17) is 16.3 Å². The summed E-state index contributed by atoms with van der Waals surface area (Å²) < 4.78 is 5.17. The molecular formula is C20H17ClN4O4. The van der Waals surface area contributed by atoms with Crippen molar-refractivity contribution in [3.63, 3.8) is 0 Å². The number of carbonyl (C=O) groups is 3. The maximum absolute atomic E-state index is 12.7. The van der Waals surface area contributed by atoms with Crippen molar-refractivity contribution < 1.29 is 19.1 Å².